The minimum absolute atomic E-state index is 0.168. The molecule has 1 rings (SSSR count). The number of aromatic nitrogens is 2. The van der Waals surface area contributed by atoms with Gasteiger partial charge in [-0.1, -0.05) is 0 Å². The molecule has 0 aromatic carbocycles. The fourth-order valence-corrected chi connectivity index (χ4v) is 1.54. The lowest BCUT2D eigenvalue weighted by molar-refractivity contribution is 0.0485. The van der Waals surface area contributed by atoms with Crippen molar-refractivity contribution in [3.05, 3.63) is 11.4 Å². The first-order valence-corrected chi connectivity index (χ1v) is 5.65. The van der Waals surface area contributed by atoms with Crippen LogP contribution in [0.3, 0.4) is 0 Å². The van der Waals surface area contributed by atoms with Gasteiger partial charge in [-0.3, -0.25) is 4.68 Å². The van der Waals surface area contributed by atoms with Crippen LogP contribution in [0.4, 0.5) is 5.69 Å². The average molecular weight is 241 g/mol. The second-order valence-corrected chi connectivity index (χ2v) is 3.89. The van der Waals surface area contributed by atoms with Crippen molar-refractivity contribution < 1.29 is 14.6 Å². The van der Waals surface area contributed by atoms with Gasteiger partial charge in [-0.25, -0.2) is 4.79 Å². The summed E-state index contributed by atoms with van der Waals surface area (Å²) in [7, 11) is 1.66. The number of unbranched alkanes of at least 4 members (excludes halogenated alkanes) is 2. The number of esters is 1. The van der Waals surface area contributed by atoms with Crippen molar-refractivity contribution in [3.63, 3.8) is 0 Å². The minimum Gasteiger partial charge on any atom is -0.461 e. The van der Waals surface area contributed by atoms with Gasteiger partial charge in [0.2, 0.25) is 0 Å². The fraction of sp³-hybridized carbons (Fsp3) is 0.636. The molecular weight excluding hydrogens is 222 g/mol. The van der Waals surface area contributed by atoms with Gasteiger partial charge in [0, 0.05) is 13.7 Å². The van der Waals surface area contributed by atoms with E-state index in [9.17, 15) is 4.79 Å². The van der Waals surface area contributed by atoms with Crippen molar-refractivity contribution in [2.75, 3.05) is 18.9 Å². The van der Waals surface area contributed by atoms with Gasteiger partial charge < -0.3 is 15.6 Å². The summed E-state index contributed by atoms with van der Waals surface area (Å²) in [4.78, 5) is 11.7. The Morgan fingerprint density at radius 2 is 2.18 bits per heavy atom. The number of carbonyl (C=O) groups excluding carboxylic acids is 1. The molecule has 0 radical (unpaired) electrons. The lowest BCUT2D eigenvalue weighted by atomic mass is 10.2. The van der Waals surface area contributed by atoms with Crippen LogP contribution < -0.4 is 5.73 Å². The summed E-state index contributed by atoms with van der Waals surface area (Å²) in [5, 5.41) is 12.6. The molecule has 0 amide bonds. The summed E-state index contributed by atoms with van der Waals surface area (Å²) < 4.78 is 6.52. The van der Waals surface area contributed by atoms with E-state index in [2.05, 4.69) is 5.10 Å². The van der Waals surface area contributed by atoms with Crippen molar-refractivity contribution >= 4 is 11.7 Å². The number of hydrogen-bond donors (Lipinski definition) is 2. The molecule has 96 valence electrons. The van der Waals surface area contributed by atoms with E-state index in [1.807, 2.05) is 0 Å². The van der Waals surface area contributed by atoms with Crippen molar-refractivity contribution in [3.8, 4) is 0 Å². The van der Waals surface area contributed by atoms with Gasteiger partial charge in [-0.2, -0.15) is 5.10 Å². The molecule has 6 nitrogen and oxygen atoms in total. The number of carbonyl (C=O) groups is 1. The largest absolute Gasteiger partial charge is 0.461 e. The zero-order chi connectivity index (χ0) is 12.8. The van der Waals surface area contributed by atoms with E-state index in [4.69, 9.17) is 15.6 Å². The van der Waals surface area contributed by atoms with Gasteiger partial charge in [0.25, 0.3) is 0 Å². The van der Waals surface area contributed by atoms with Crippen LogP contribution in [0.2, 0.25) is 0 Å². The van der Waals surface area contributed by atoms with Crippen LogP contribution in [0.25, 0.3) is 0 Å². The lowest BCUT2D eigenvalue weighted by Gasteiger charge is -2.05. The maximum absolute atomic E-state index is 11.7. The maximum atomic E-state index is 11.7. The van der Waals surface area contributed by atoms with E-state index < -0.39 is 5.97 Å². The maximum Gasteiger partial charge on any atom is 0.358 e. The van der Waals surface area contributed by atoms with Gasteiger partial charge >= 0.3 is 5.97 Å². The molecule has 0 aliphatic heterocycles. The molecule has 0 fully saturated rings. The fourth-order valence-electron chi connectivity index (χ4n) is 1.54. The van der Waals surface area contributed by atoms with E-state index in [0.717, 1.165) is 19.3 Å². The molecule has 0 saturated heterocycles. The number of nitrogens with two attached hydrogens (primary N) is 1. The number of aliphatic hydroxyl groups is 1. The number of hydrogen-bond acceptors (Lipinski definition) is 5. The third-order valence-electron chi connectivity index (χ3n) is 2.50. The molecule has 0 atom stereocenters. The highest BCUT2D eigenvalue weighted by Crippen LogP contribution is 2.16. The highest BCUT2D eigenvalue weighted by molar-refractivity contribution is 5.93. The van der Waals surface area contributed by atoms with Crippen LogP contribution in [-0.4, -0.2) is 34.1 Å². The molecule has 0 aliphatic rings. The Morgan fingerprint density at radius 1 is 1.47 bits per heavy atom. The first kappa shape index (κ1) is 13.5. The Hall–Kier alpha value is -1.56. The second-order valence-electron chi connectivity index (χ2n) is 3.89. The number of ether oxygens (including phenoxy) is 1. The Labute approximate surface area is 100 Å². The van der Waals surface area contributed by atoms with Gasteiger partial charge in [0.05, 0.1) is 18.0 Å². The smallest absolute Gasteiger partial charge is 0.358 e. The molecule has 1 aromatic heterocycles. The zero-order valence-electron chi connectivity index (χ0n) is 10.3. The van der Waals surface area contributed by atoms with E-state index >= 15 is 0 Å². The number of aliphatic hydroxyl groups excluding tert-OH is 1. The quantitative estimate of drug-likeness (QED) is 0.563. The average Bonchev–Trinajstić information content (AvgIpc) is 2.53. The van der Waals surface area contributed by atoms with E-state index in [-0.39, 0.29) is 6.61 Å². The second kappa shape index (κ2) is 6.24. The van der Waals surface area contributed by atoms with Crippen LogP contribution in [-0.2, 0) is 11.8 Å². The Bertz CT molecular complexity index is 388. The molecule has 0 bridgehead atoms. The monoisotopic (exact) mass is 241 g/mol. The van der Waals surface area contributed by atoms with E-state index in [1.165, 1.54) is 4.68 Å². The number of nitrogen functional groups attached to an aromatic ring is 1. The Kier molecular flexibility index (Phi) is 4.96. The first-order chi connectivity index (χ1) is 8.07. The minimum atomic E-state index is -0.449. The first-order valence-electron chi connectivity index (χ1n) is 5.65. The molecule has 6 heteroatoms. The molecular formula is C11H19N3O3. The molecule has 0 saturated carbocycles. The third kappa shape index (κ3) is 3.45. The summed E-state index contributed by atoms with van der Waals surface area (Å²) in [6.45, 7) is 2.25. The van der Waals surface area contributed by atoms with Gasteiger partial charge in [-0.15, -0.1) is 0 Å². The third-order valence-corrected chi connectivity index (χ3v) is 2.50. The Morgan fingerprint density at radius 3 is 2.71 bits per heavy atom. The molecule has 3 N–H and O–H groups in total. The molecule has 0 unspecified atom stereocenters. The van der Waals surface area contributed by atoms with Crippen molar-refractivity contribution in [2.24, 2.45) is 7.05 Å². The summed E-state index contributed by atoms with van der Waals surface area (Å²) >= 11 is 0. The van der Waals surface area contributed by atoms with Crippen LogP contribution in [0.1, 0.15) is 35.4 Å². The van der Waals surface area contributed by atoms with Crippen molar-refractivity contribution in [1.82, 2.24) is 9.78 Å². The van der Waals surface area contributed by atoms with Gasteiger partial charge in [0.15, 0.2) is 5.69 Å². The van der Waals surface area contributed by atoms with E-state index in [1.54, 1.807) is 14.0 Å². The molecule has 0 spiro atoms. The highest BCUT2D eigenvalue weighted by Gasteiger charge is 2.18. The summed E-state index contributed by atoms with van der Waals surface area (Å²) in [5.74, 6) is -0.449. The number of nitrogens with zero attached hydrogens (tertiary/aromatic N) is 2. The SMILES string of the molecule is Cc1nn(C)c(C(=O)OCCCCCO)c1N. The Balaban J connectivity index is 2.47. The van der Waals surface area contributed by atoms with Crippen LogP contribution in [0, 0.1) is 6.92 Å². The van der Waals surface area contributed by atoms with Gasteiger partial charge in [-0.05, 0) is 26.2 Å². The molecule has 17 heavy (non-hydrogen) atoms. The van der Waals surface area contributed by atoms with Crippen LogP contribution in [0.5, 0.6) is 0 Å². The molecule has 0 aliphatic carbocycles. The highest BCUT2D eigenvalue weighted by atomic mass is 16.5. The van der Waals surface area contributed by atoms with Crippen molar-refractivity contribution in [2.45, 2.75) is 26.2 Å². The number of aryl methyl sites for hydroxylation is 2. The van der Waals surface area contributed by atoms with Gasteiger partial charge in [0.1, 0.15) is 0 Å². The summed E-state index contributed by atoms with van der Waals surface area (Å²) in [6, 6.07) is 0. The topological polar surface area (TPSA) is 90.4 Å². The predicted molar refractivity (Wildman–Crippen MR) is 63.6 cm³/mol. The van der Waals surface area contributed by atoms with Crippen LogP contribution >= 0.6 is 0 Å². The molecule has 1 aromatic rings. The van der Waals surface area contributed by atoms with Crippen LogP contribution in [0.15, 0.2) is 0 Å². The number of anilines is 1. The zero-order valence-corrected chi connectivity index (χ0v) is 10.3. The summed E-state index contributed by atoms with van der Waals surface area (Å²) in [5.41, 5.74) is 7.03. The molecule has 1 heterocycles. The lowest BCUT2D eigenvalue weighted by Crippen LogP contribution is -2.13. The summed E-state index contributed by atoms with van der Waals surface area (Å²) in [6.07, 6.45) is 2.30. The normalized spacial score (nSPS) is 10.5. The standard InChI is InChI=1S/C11H19N3O3/c1-8-9(12)10(14(2)13-8)11(16)17-7-5-3-4-6-15/h15H,3-7,12H2,1-2H3. The number of rotatable bonds is 6. The van der Waals surface area contributed by atoms with Crippen molar-refractivity contribution in [1.29, 1.82) is 0 Å². The predicted octanol–water partition coefficient (Wildman–Crippen LogP) is 0.630. The van der Waals surface area contributed by atoms with E-state index in [0.29, 0.717) is 23.7 Å².